The zero-order valence-electron chi connectivity index (χ0n) is 18.7. The molecule has 0 unspecified atom stereocenters. The van der Waals surface area contributed by atoms with E-state index in [1.165, 1.54) is 24.8 Å². The lowest BCUT2D eigenvalue weighted by Gasteiger charge is -2.12. The van der Waals surface area contributed by atoms with Gasteiger partial charge in [-0.05, 0) is 92.0 Å². The summed E-state index contributed by atoms with van der Waals surface area (Å²) in [6.45, 7) is 2.35. The Balaban J connectivity index is 1.47. The van der Waals surface area contributed by atoms with Crippen molar-refractivity contribution in [1.82, 2.24) is 4.90 Å². The van der Waals surface area contributed by atoms with Gasteiger partial charge < -0.3 is 13.9 Å². The second-order valence-corrected chi connectivity index (χ2v) is 10.3. The predicted molar refractivity (Wildman–Crippen MR) is 139 cm³/mol. The van der Waals surface area contributed by atoms with Gasteiger partial charge in [-0.25, -0.2) is 4.79 Å². The van der Waals surface area contributed by atoms with Crippen molar-refractivity contribution < 1.29 is 28.3 Å². The number of hydrogen-bond donors (Lipinski definition) is 0. The van der Waals surface area contributed by atoms with E-state index in [1.807, 2.05) is 43.3 Å². The van der Waals surface area contributed by atoms with Gasteiger partial charge in [-0.2, -0.15) is 0 Å². The number of methoxy groups -OCH3 is 1. The van der Waals surface area contributed by atoms with Gasteiger partial charge in [-0.3, -0.25) is 14.5 Å². The second-order valence-electron chi connectivity index (χ2n) is 7.61. The molecular weight excluding hydrogens is 602 g/mol. The summed E-state index contributed by atoms with van der Waals surface area (Å²) in [5.41, 5.74) is 2.94. The van der Waals surface area contributed by atoms with Gasteiger partial charge in [0.05, 0.1) is 27.5 Å². The van der Waals surface area contributed by atoms with Crippen LogP contribution in [0.5, 0.6) is 5.75 Å². The zero-order valence-corrected chi connectivity index (χ0v) is 22.7. The van der Waals surface area contributed by atoms with Gasteiger partial charge >= 0.3 is 5.97 Å². The molecule has 0 radical (unpaired) electrons. The van der Waals surface area contributed by atoms with Crippen molar-refractivity contribution in [2.24, 2.45) is 0 Å². The number of ether oxygens (including phenoxy) is 2. The molecule has 2 aromatic carbocycles. The number of carbonyl (C=O) groups is 3. The van der Waals surface area contributed by atoms with Crippen molar-refractivity contribution in [2.45, 2.75) is 20.1 Å². The predicted octanol–water partition coefficient (Wildman–Crippen LogP) is 6.72. The number of hydrogen-bond acceptors (Lipinski definition) is 7. The van der Waals surface area contributed by atoms with Crippen LogP contribution in [-0.2, 0) is 22.7 Å². The first kappa shape index (κ1) is 25.3. The third-order valence-corrected chi connectivity index (χ3v) is 7.14. The fourth-order valence-corrected chi connectivity index (χ4v) is 5.55. The van der Waals surface area contributed by atoms with E-state index in [1.54, 1.807) is 6.08 Å². The molecule has 0 aliphatic carbocycles. The standard InChI is InChI=1S/C25H19Br2NO6S/c1-14-3-5-15(6-4-14)13-33-22-18(26)9-16(10-19(22)27)11-21-23(29)28(25(31)35-21)12-17-7-8-20(34-17)24(30)32-2/h3-11H,12-13H2,1-2H3/b21-11+. The Kier molecular flexibility index (Phi) is 7.83. The minimum atomic E-state index is -0.632. The highest BCUT2D eigenvalue weighted by molar-refractivity contribution is 9.11. The minimum absolute atomic E-state index is 0.00407. The molecule has 0 saturated carbocycles. The fraction of sp³-hybridized carbons (Fsp3) is 0.160. The van der Waals surface area contributed by atoms with Crippen molar-refractivity contribution in [2.75, 3.05) is 7.11 Å². The smallest absolute Gasteiger partial charge is 0.373 e. The molecule has 180 valence electrons. The normalized spacial score (nSPS) is 14.6. The molecule has 1 aliphatic heterocycles. The Hall–Kier alpha value is -2.82. The van der Waals surface area contributed by atoms with Crippen LogP contribution in [0, 0.1) is 6.92 Å². The van der Waals surface area contributed by atoms with Gasteiger partial charge in [0.1, 0.15) is 18.1 Å². The highest BCUT2D eigenvalue weighted by atomic mass is 79.9. The topological polar surface area (TPSA) is 86.0 Å². The van der Waals surface area contributed by atoms with Crippen LogP contribution in [0.15, 0.2) is 66.8 Å². The van der Waals surface area contributed by atoms with Gasteiger partial charge in [-0.15, -0.1) is 0 Å². The quantitative estimate of drug-likeness (QED) is 0.214. The molecule has 0 bridgehead atoms. The van der Waals surface area contributed by atoms with E-state index in [0.29, 0.717) is 32.6 Å². The Morgan fingerprint density at radius 3 is 2.43 bits per heavy atom. The Morgan fingerprint density at radius 2 is 1.77 bits per heavy atom. The average molecular weight is 621 g/mol. The maximum absolute atomic E-state index is 12.9. The molecular formula is C25H19Br2NO6S. The first-order chi connectivity index (χ1) is 16.7. The van der Waals surface area contributed by atoms with Crippen molar-refractivity contribution >= 4 is 66.8 Å². The highest BCUT2D eigenvalue weighted by Crippen LogP contribution is 2.38. The molecule has 10 heteroatoms. The summed E-state index contributed by atoms with van der Waals surface area (Å²) in [6.07, 6.45) is 1.65. The van der Waals surface area contributed by atoms with Crippen molar-refractivity contribution in [3.8, 4) is 5.75 Å². The molecule has 1 fully saturated rings. The molecule has 1 saturated heterocycles. The van der Waals surface area contributed by atoms with E-state index < -0.39 is 17.1 Å². The number of halogens is 2. The number of aryl methyl sites for hydroxylation is 1. The van der Waals surface area contributed by atoms with Gasteiger partial charge in [0.25, 0.3) is 11.1 Å². The molecule has 3 aromatic rings. The Bertz CT molecular complexity index is 1310. The zero-order chi connectivity index (χ0) is 25.1. The van der Waals surface area contributed by atoms with Crippen LogP contribution in [0.25, 0.3) is 6.08 Å². The maximum Gasteiger partial charge on any atom is 0.373 e. The van der Waals surface area contributed by atoms with E-state index in [4.69, 9.17) is 9.15 Å². The first-order valence-corrected chi connectivity index (χ1v) is 12.7. The molecule has 2 amide bonds. The Morgan fingerprint density at radius 1 is 1.09 bits per heavy atom. The Labute approximate surface area is 222 Å². The molecule has 0 N–H and O–H groups in total. The third kappa shape index (κ3) is 5.88. The first-order valence-electron chi connectivity index (χ1n) is 10.3. The lowest BCUT2D eigenvalue weighted by Crippen LogP contribution is -2.27. The van der Waals surface area contributed by atoms with Crippen LogP contribution >= 0.6 is 43.6 Å². The van der Waals surface area contributed by atoms with Crippen LogP contribution in [0.3, 0.4) is 0 Å². The number of nitrogens with zero attached hydrogens (tertiary/aromatic N) is 1. The molecule has 0 atom stereocenters. The lowest BCUT2D eigenvalue weighted by molar-refractivity contribution is -0.123. The van der Waals surface area contributed by atoms with E-state index in [2.05, 4.69) is 36.6 Å². The van der Waals surface area contributed by atoms with Gasteiger partial charge in [-0.1, -0.05) is 29.8 Å². The number of thioether (sulfide) groups is 1. The molecule has 35 heavy (non-hydrogen) atoms. The number of carbonyl (C=O) groups excluding carboxylic acids is 3. The van der Waals surface area contributed by atoms with Gasteiger partial charge in [0, 0.05) is 0 Å². The SMILES string of the molecule is COC(=O)c1ccc(CN2C(=O)S/C(=C/c3cc(Br)c(OCc4ccc(C)cc4)c(Br)c3)C2=O)o1. The molecule has 7 nitrogen and oxygen atoms in total. The number of amides is 2. The molecule has 0 spiro atoms. The van der Waals surface area contributed by atoms with E-state index in [-0.39, 0.29) is 17.2 Å². The van der Waals surface area contributed by atoms with Crippen LogP contribution in [0.4, 0.5) is 4.79 Å². The number of imide groups is 1. The maximum atomic E-state index is 12.9. The van der Waals surface area contributed by atoms with Crippen molar-refractivity contribution in [1.29, 1.82) is 0 Å². The summed E-state index contributed by atoms with van der Waals surface area (Å²) in [4.78, 5) is 38.3. The number of furan rings is 1. The second kappa shape index (κ2) is 10.8. The van der Waals surface area contributed by atoms with Gasteiger partial charge in [0.15, 0.2) is 0 Å². The number of esters is 1. The van der Waals surface area contributed by atoms with Crippen LogP contribution in [0.1, 0.15) is 33.0 Å². The van der Waals surface area contributed by atoms with E-state index in [9.17, 15) is 14.4 Å². The number of benzene rings is 2. The van der Waals surface area contributed by atoms with E-state index >= 15 is 0 Å². The highest BCUT2D eigenvalue weighted by Gasteiger charge is 2.36. The average Bonchev–Trinajstić information content (AvgIpc) is 3.39. The summed E-state index contributed by atoms with van der Waals surface area (Å²) in [6, 6.07) is 14.7. The molecule has 4 rings (SSSR count). The molecule has 1 aliphatic rings. The van der Waals surface area contributed by atoms with Crippen LogP contribution in [0.2, 0.25) is 0 Å². The molecule has 2 heterocycles. The van der Waals surface area contributed by atoms with Crippen molar-refractivity contribution in [3.63, 3.8) is 0 Å². The van der Waals surface area contributed by atoms with Crippen molar-refractivity contribution in [3.05, 3.63) is 90.6 Å². The minimum Gasteiger partial charge on any atom is -0.487 e. The lowest BCUT2D eigenvalue weighted by atomic mass is 10.1. The monoisotopic (exact) mass is 619 g/mol. The summed E-state index contributed by atoms with van der Waals surface area (Å²) in [7, 11) is 1.24. The summed E-state index contributed by atoms with van der Waals surface area (Å²) < 4.78 is 17.4. The fourth-order valence-electron chi connectivity index (χ4n) is 3.26. The van der Waals surface area contributed by atoms with Crippen LogP contribution < -0.4 is 4.74 Å². The van der Waals surface area contributed by atoms with Gasteiger partial charge in [0.2, 0.25) is 5.76 Å². The summed E-state index contributed by atoms with van der Waals surface area (Å²) in [5.74, 6) is -0.135. The number of rotatable bonds is 7. The van der Waals surface area contributed by atoms with E-state index in [0.717, 1.165) is 22.2 Å². The van der Waals surface area contributed by atoms with Crippen LogP contribution in [-0.4, -0.2) is 29.1 Å². The third-order valence-electron chi connectivity index (χ3n) is 5.06. The summed E-state index contributed by atoms with van der Waals surface area (Å²) >= 11 is 7.91. The largest absolute Gasteiger partial charge is 0.487 e. The summed E-state index contributed by atoms with van der Waals surface area (Å²) in [5, 5.41) is -0.423. The molecule has 1 aromatic heterocycles.